The molecule has 1 aromatic rings. The van der Waals surface area contributed by atoms with Crippen molar-refractivity contribution >= 4 is 30.1 Å². The van der Waals surface area contributed by atoms with Crippen LogP contribution in [0.2, 0.25) is 0 Å². The van der Waals surface area contributed by atoms with E-state index in [0.29, 0.717) is 19.4 Å². The molecule has 0 spiro atoms. The van der Waals surface area contributed by atoms with E-state index >= 15 is 0 Å². The summed E-state index contributed by atoms with van der Waals surface area (Å²) >= 11 is 4.35. The number of benzene rings is 1. The summed E-state index contributed by atoms with van der Waals surface area (Å²) in [5.41, 5.74) is 1.78. The first-order valence-electron chi connectivity index (χ1n) is 6.25. The van der Waals surface area contributed by atoms with Crippen LogP contribution in [0.25, 0.3) is 0 Å². The zero-order valence-electron chi connectivity index (χ0n) is 11.2. The van der Waals surface area contributed by atoms with Crippen LogP contribution in [0.5, 0.6) is 0 Å². The number of nitrogens with zero attached hydrogens (tertiary/aromatic N) is 2. The molecule has 1 heterocycles. The fraction of sp³-hybridized carbons (Fsp3) is 0.429. The number of carbonyl (C=O) groups is 2. The highest BCUT2D eigenvalue weighted by Gasteiger charge is 2.28. The van der Waals surface area contributed by atoms with Gasteiger partial charge < -0.3 is 9.80 Å². The zero-order valence-corrected chi connectivity index (χ0v) is 12.1. The van der Waals surface area contributed by atoms with E-state index in [0.717, 1.165) is 11.3 Å². The van der Waals surface area contributed by atoms with Crippen molar-refractivity contribution < 1.29 is 9.59 Å². The monoisotopic (exact) mass is 278 g/mol. The standard InChI is InChI=1S/C14H18N2O2S/c1-15(2)13(17)7-10-4-3-5-11(6-10)16-9-12(19)8-14(16)18/h3-6,12,19H,7-9H2,1-2H3. The fourth-order valence-corrected chi connectivity index (χ4v) is 2.42. The first-order valence-corrected chi connectivity index (χ1v) is 6.76. The molecule has 1 fully saturated rings. The van der Waals surface area contributed by atoms with E-state index in [4.69, 9.17) is 0 Å². The average molecular weight is 278 g/mol. The summed E-state index contributed by atoms with van der Waals surface area (Å²) in [4.78, 5) is 26.8. The highest BCUT2D eigenvalue weighted by molar-refractivity contribution is 7.81. The maximum Gasteiger partial charge on any atom is 0.228 e. The number of hydrogen-bond donors (Lipinski definition) is 1. The Morgan fingerprint density at radius 1 is 1.47 bits per heavy atom. The van der Waals surface area contributed by atoms with E-state index in [9.17, 15) is 9.59 Å². The van der Waals surface area contributed by atoms with Gasteiger partial charge in [-0.1, -0.05) is 12.1 Å². The van der Waals surface area contributed by atoms with E-state index in [1.165, 1.54) is 0 Å². The molecule has 5 heteroatoms. The number of rotatable bonds is 3. The lowest BCUT2D eigenvalue weighted by Gasteiger charge is -2.17. The molecule has 0 bridgehead atoms. The summed E-state index contributed by atoms with van der Waals surface area (Å²) in [7, 11) is 3.48. The van der Waals surface area contributed by atoms with Crippen LogP contribution in [0.4, 0.5) is 5.69 Å². The number of carbonyl (C=O) groups excluding carboxylic acids is 2. The van der Waals surface area contributed by atoms with Crippen LogP contribution in [-0.2, 0) is 16.0 Å². The Morgan fingerprint density at radius 3 is 2.79 bits per heavy atom. The zero-order chi connectivity index (χ0) is 14.0. The summed E-state index contributed by atoms with van der Waals surface area (Å²) < 4.78 is 0. The molecule has 2 rings (SSSR count). The number of amides is 2. The van der Waals surface area contributed by atoms with Crippen molar-refractivity contribution in [2.75, 3.05) is 25.5 Å². The summed E-state index contributed by atoms with van der Waals surface area (Å²) in [6, 6.07) is 7.59. The van der Waals surface area contributed by atoms with E-state index in [1.807, 2.05) is 24.3 Å². The third kappa shape index (κ3) is 3.29. The second kappa shape index (κ2) is 5.65. The number of hydrogen-bond acceptors (Lipinski definition) is 3. The smallest absolute Gasteiger partial charge is 0.228 e. The molecule has 0 aliphatic carbocycles. The predicted molar refractivity (Wildman–Crippen MR) is 78.6 cm³/mol. The normalized spacial score (nSPS) is 18.8. The first kappa shape index (κ1) is 13.9. The number of anilines is 1. The highest BCUT2D eigenvalue weighted by atomic mass is 32.1. The Kier molecular flexibility index (Phi) is 4.14. The molecule has 1 unspecified atom stereocenters. The van der Waals surface area contributed by atoms with Gasteiger partial charge in [0.05, 0.1) is 6.42 Å². The lowest BCUT2D eigenvalue weighted by molar-refractivity contribution is -0.128. The number of thiol groups is 1. The van der Waals surface area contributed by atoms with Gasteiger partial charge in [-0.05, 0) is 17.7 Å². The van der Waals surface area contributed by atoms with Gasteiger partial charge in [-0.3, -0.25) is 9.59 Å². The topological polar surface area (TPSA) is 40.6 Å². The van der Waals surface area contributed by atoms with Crippen molar-refractivity contribution in [3.63, 3.8) is 0 Å². The first-order chi connectivity index (χ1) is 8.97. The predicted octanol–water partition coefficient (Wildman–Crippen LogP) is 1.35. The molecular formula is C14H18N2O2S. The Bertz CT molecular complexity index is 502. The van der Waals surface area contributed by atoms with Gasteiger partial charge in [0.25, 0.3) is 0 Å². The number of likely N-dealkylation sites (N-methyl/N-ethyl adjacent to an activating group) is 1. The highest BCUT2D eigenvalue weighted by Crippen LogP contribution is 2.24. The average Bonchev–Trinajstić information content (AvgIpc) is 2.68. The minimum Gasteiger partial charge on any atom is -0.349 e. The van der Waals surface area contributed by atoms with E-state index in [2.05, 4.69) is 12.6 Å². The largest absolute Gasteiger partial charge is 0.349 e. The SMILES string of the molecule is CN(C)C(=O)Cc1cccc(N2CC(S)CC2=O)c1. The third-order valence-corrected chi connectivity index (χ3v) is 3.53. The van der Waals surface area contributed by atoms with Crippen LogP contribution < -0.4 is 4.90 Å². The Morgan fingerprint density at radius 2 is 2.21 bits per heavy atom. The van der Waals surface area contributed by atoms with Crippen LogP contribution in [0.1, 0.15) is 12.0 Å². The van der Waals surface area contributed by atoms with Crippen LogP contribution in [0.3, 0.4) is 0 Å². The lowest BCUT2D eigenvalue weighted by Crippen LogP contribution is -2.25. The van der Waals surface area contributed by atoms with Crippen LogP contribution in [-0.4, -0.2) is 42.6 Å². The van der Waals surface area contributed by atoms with E-state index in [1.54, 1.807) is 23.9 Å². The van der Waals surface area contributed by atoms with Crippen molar-refractivity contribution in [2.45, 2.75) is 18.1 Å². The van der Waals surface area contributed by atoms with Gasteiger partial charge in [0.15, 0.2) is 0 Å². The summed E-state index contributed by atoms with van der Waals surface area (Å²) in [5, 5.41) is 0.0968. The van der Waals surface area contributed by atoms with Crippen molar-refractivity contribution in [1.82, 2.24) is 4.90 Å². The lowest BCUT2D eigenvalue weighted by atomic mass is 10.1. The Hall–Kier alpha value is -1.49. The van der Waals surface area contributed by atoms with Gasteiger partial charge in [-0.2, -0.15) is 12.6 Å². The maximum absolute atomic E-state index is 11.8. The molecule has 0 radical (unpaired) electrons. The van der Waals surface area contributed by atoms with Crippen molar-refractivity contribution in [2.24, 2.45) is 0 Å². The van der Waals surface area contributed by atoms with Crippen molar-refractivity contribution in [1.29, 1.82) is 0 Å². The molecule has 0 N–H and O–H groups in total. The molecule has 2 amide bonds. The molecule has 1 saturated heterocycles. The molecular weight excluding hydrogens is 260 g/mol. The van der Waals surface area contributed by atoms with Crippen LogP contribution in [0.15, 0.2) is 24.3 Å². The minimum absolute atomic E-state index is 0.0528. The molecule has 0 aromatic heterocycles. The van der Waals surface area contributed by atoms with Gasteiger partial charge in [0.1, 0.15) is 0 Å². The third-order valence-electron chi connectivity index (χ3n) is 3.18. The van der Waals surface area contributed by atoms with Gasteiger partial charge >= 0.3 is 0 Å². The quantitative estimate of drug-likeness (QED) is 0.848. The second-order valence-electron chi connectivity index (χ2n) is 5.00. The van der Waals surface area contributed by atoms with Gasteiger partial charge in [0.2, 0.25) is 11.8 Å². The molecule has 19 heavy (non-hydrogen) atoms. The maximum atomic E-state index is 11.8. The van der Waals surface area contributed by atoms with Gasteiger partial charge in [-0.25, -0.2) is 0 Å². The van der Waals surface area contributed by atoms with Gasteiger partial charge in [-0.15, -0.1) is 0 Å². The Balaban J connectivity index is 2.15. The minimum atomic E-state index is 0.0528. The molecule has 1 aliphatic rings. The summed E-state index contributed by atoms with van der Waals surface area (Å²) in [5.74, 6) is 0.146. The second-order valence-corrected chi connectivity index (χ2v) is 5.73. The van der Waals surface area contributed by atoms with Crippen LogP contribution >= 0.6 is 12.6 Å². The van der Waals surface area contributed by atoms with E-state index < -0.39 is 0 Å². The molecule has 1 atom stereocenters. The molecule has 4 nitrogen and oxygen atoms in total. The summed E-state index contributed by atoms with van der Waals surface area (Å²) in [6.45, 7) is 0.632. The molecule has 102 valence electrons. The van der Waals surface area contributed by atoms with Crippen molar-refractivity contribution in [3.8, 4) is 0 Å². The molecule has 1 aromatic carbocycles. The van der Waals surface area contributed by atoms with Crippen molar-refractivity contribution in [3.05, 3.63) is 29.8 Å². The fourth-order valence-electron chi connectivity index (χ4n) is 2.11. The van der Waals surface area contributed by atoms with Gasteiger partial charge in [0, 0.05) is 38.0 Å². The Labute approximate surface area is 118 Å². The van der Waals surface area contributed by atoms with Crippen LogP contribution in [0, 0.1) is 0 Å². The summed E-state index contributed by atoms with van der Waals surface area (Å²) in [6.07, 6.45) is 0.830. The van der Waals surface area contributed by atoms with E-state index in [-0.39, 0.29) is 17.1 Å². The molecule has 1 aliphatic heterocycles. The molecule has 0 saturated carbocycles.